The summed E-state index contributed by atoms with van der Waals surface area (Å²) in [7, 11) is -2.37. The number of aromatic nitrogens is 4. The van der Waals surface area contributed by atoms with Crippen molar-refractivity contribution >= 4 is 16.1 Å². The standard InChI is InChI=1S/C47H56F2N6O8S/c1-30(2)27-54(64(57,58)38-17-15-36(59-7)16-18-38)22-20-35(50-45(56)63-43-29-62-47(6)41(43)21-23-61-47)24-31-8-13-37(14-9-31)60-28-33-11-10-32(39-19-12-34(48)26-42(39)49)25-40(33)44-51-53-55(52-44)46(3,4)5/h8-19,25-26,30,35,41,43H,20-24,27-29H2,1-7H3,(H,50,56)/t35-,41+,43+,47-/m1/s1. The molecule has 3 heterocycles. The second kappa shape index (κ2) is 19.3. The maximum atomic E-state index is 14.9. The van der Waals surface area contributed by atoms with Crippen LogP contribution in [0.3, 0.4) is 0 Å². The normalized spacial score (nSPS) is 19.2. The Morgan fingerprint density at radius 2 is 1.72 bits per heavy atom. The SMILES string of the molecule is COc1ccc(S(=O)(=O)N(CC[C@H](Cc2ccc(OCc3ccc(-c4ccc(F)cc4F)cc3-c3nnn(C(C)(C)C)n3)cc2)NC(=O)O[C@H]2CO[C@@]3(C)OCC[C@@H]23)CC(C)C)cc1. The molecule has 342 valence electrons. The van der Waals surface area contributed by atoms with Crippen molar-refractivity contribution < 1.29 is 45.7 Å². The average Bonchev–Trinajstić information content (AvgIpc) is 3.98. The molecule has 4 atom stereocenters. The Labute approximate surface area is 373 Å². The maximum Gasteiger partial charge on any atom is 0.407 e. The van der Waals surface area contributed by atoms with Gasteiger partial charge in [0.25, 0.3) is 0 Å². The summed E-state index contributed by atoms with van der Waals surface area (Å²) < 4.78 is 87.1. The summed E-state index contributed by atoms with van der Waals surface area (Å²) in [5.74, 6) is -0.812. The van der Waals surface area contributed by atoms with Crippen molar-refractivity contribution in [3.8, 4) is 34.0 Å². The van der Waals surface area contributed by atoms with Crippen LogP contribution in [0.25, 0.3) is 22.5 Å². The molecule has 7 rings (SSSR count). The highest BCUT2D eigenvalue weighted by molar-refractivity contribution is 7.89. The number of halogens is 2. The first-order valence-corrected chi connectivity index (χ1v) is 22.9. The molecule has 0 spiro atoms. The fourth-order valence-corrected chi connectivity index (χ4v) is 9.58. The average molecular weight is 903 g/mol. The smallest absolute Gasteiger partial charge is 0.407 e. The van der Waals surface area contributed by atoms with Crippen molar-refractivity contribution in [3.63, 3.8) is 0 Å². The molecule has 0 unspecified atom stereocenters. The van der Waals surface area contributed by atoms with E-state index in [1.807, 2.05) is 65.8 Å². The number of amides is 1. The van der Waals surface area contributed by atoms with Crippen LogP contribution in [0.5, 0.6) is 11.5 Å². The zero-order valence-electron chi connectivity index (χ0n) is 37.2. The number of hydrogen-bond acceptors (Lipinski definition) is 11. The number of sulfonamides is 1. The van der Waals surface area contributed by atoms with Crippen LogP contribution in [0.2, 0.25) is 0 Å². The van der Waals surface area contributed by atoms with Gasteiger partial charge in [0.1, 0.15) is 35.8 Å². The summed E-state index contributed by atoms with van der Waals surface area (Å²) in [5.41, 5.74) is 2.43. The van der Waals surface area contributed by atoms with Crippen LogP contribution in [0.4, 0.5) is 13.6 Å². The Morgan fingerprint density at radius 3 is 2.39 bits per heavy atom. The molecule has 2 aliphatic heterocycles. The van der Waals surface area contributed by atoms with Gasteiger partial charge in [-0.05, 0) is 124 Å². The Bertz CT molecular complexity index is 2520. The van der Waals surface area contributed by atoms with Gasteiger partial charge in [-0.25, -0.2) is 22.0 Å². The summed E-state index contributed by atoms with van der Waals surface area (Å²) in [6, 6.07) is 21.9. The fourth-order valence-electron chi connectivity index (χ4n) is 7.96. The van der Waals surface area contributed by atoms with Gasteiger partial charge in [-0.2, -0.15) is 9.10 Å². The largest absolute Gasteiger partial charge is 0.497 e. The van der Waals surface area contributed by atoms with Crippen LogP contribution in [0.1, 0.15) is 65.5 Å². The van der Waals surface area contributed by atoms with Crippen LogP contribution in [0, 0.1) is 23.5 Å². The number of benzene rings is 4. The van der Waals surface area contributed by atoms with E-state index in [-0.39, 0.29) is 55.0 Å². The van der Waals surface area contributed by atoms with E-state index in [2.05, 4.69) is 20.7 Å². The lowest BCUT2D eigenvalue weighted by atomic mass is 9.96. The molecule has 64 heavy (non-hydrogen) atoms. The van der Waals surface area contributed by atoms with Crippen molar-refractivity contribution in [2.45, 2.75) is 95.8 Å². The third kappa shape index (κ3) is 10.9. The summed E-state index contributed by atoms with van der Waals surface area (Å²) in [4.78, 5) is 15.2. The minimum Gasteiger partial charge on any atom is -0.497 e. The molecule has 17 heteroatoms. The fraction of sp³-hybridized carbons (Fsp3) is 0.447. The van der Waals surface area contributed by atoms with E-state index in [1.165, 1.54) is 40.5 Å². The number of carbonyl (C=O) groups is 1. The van der Waals surface area contributed by atoms with Gasteiger partial charge in [-0.3, -0.25) is 0 Å². The number of alkyl carbamates (subject to hydrolysis) is 1. The zero-order chi connectivity index (χ0) is 45.8. The van der Waals surface area contributed by atoms with Gasteiger partial charge < -0.3 is 29.0 Å². The van der Waals surface area contributed by atoms with Gasteiger partial charge in [0, 0.05) is 41.9 Å². The van der Waals surface area contributed by atoms with Gasteiger partial charge in [-0.15, -0.1) is 10.2 Å². The van der Waals surface area contributed by atoms with Crippen LogP contribution in [0.15, 0.2) is 89.8 Å². The first-order chi connectivity index (χ1) is 30.4. The minimum atomic E-state index is -3.89. The number of rotatable bonds is 17. The predicted molar refractivity (Wildman–Crippen MR) is 235 cm³/mol. The number of ether oxygens (including phenoxy) is 5. The molecule has 4 aromatic carbocycles. The van der Waals surface area contributed by atoms with Crippen molar-refractivity contribution in [3.05, 3.63) is 108 Å². The number of fused-ring (bicyclic) bond motifs is 1. The van der Waals surface area contributed by atoms with Crippen molar-refractivity contribution in [1.82, 2.24) is 29.8 Å². The summed E-state index contributed by atoms with van der Waals surface area (Å²) >= 11 is 0. The molecular weight excluding hydrogens is 847 g/mol. The molecule has 1 amide bonds. The highest BCUT2D eigenvalue weighted by Gasteiger charge is 2.53. The number of methoxy groups -OCH3 is 1. The van der Waals surface area contributed by atoms with Gasteiger partial charge in [0.2, 0.25) is 15.8 Å². The van der Waals surface area contributed by atoms with Gasteiger partial charge in [0.15, 0.2) is 5.79 Å². The highest BCUT2D eigenvalue weighted by Crippen LogP contribution is 2.42. The molecule has 5 aromatic rings. The van der Waals surface area contributed by atoms with E-state index in [0.717, 1.165) is 11.6 Å². The second-order valence-corrected chi connectivity index (χ2v) is 19.7. The first-order valence-electron chi connectivity index (χ1n) is 21.4. The molecule has 1 aromatic heterocycles. The zero-order valence-corrected chi connectivity index (χ0v) is 38.0. The lowest BCUT2D eigenvalue weighted by Gasteiger charge is -2.27. The van der Waals surface area contributed by atoms with Gasteiger partial charge in [0.05, 0.1) is 36.7 Å². The monoisotopic (exact) mass is 902 g/mol. The number of nitrogens with one attached hydrogen (secondary N) is 1. The molecule has 1 N–H and O–H groups in total. The number of nitrogens with zero attached hydrogens (tertiary/aromatic N) is 5. The molecule has 14 nitrogen and oxygen atoms in total. The van der Waals surface area contributed by atoms with E-state index < -0.39 is 51.2 Å². The van der Waals surface area contributed by atoms with Crippen LogP contribution in [-0.4, -0.2) is 90.4 Å². The van der Waals surface area contributed by atoms with E-state index >= 15 is 0 Å². The molecule has 2 saturated heterocycles. The third-order valence-corrected chi connectivity index (χ3v) is 13.3. The van der Waals surface area contributed by atoms with E-state index in [4.69, 9.17) is 23.7 Å². The molecular formula is C47H56F2N6O8S. The van der Waals surface area contributed by atoms with E-state index in [0.29, 0.717) is 53.5 Å². The number of hydrogen-bond donors (Lipinski definition) is 1. The molecule has 0 radical (unpaired) electrons. The van der Waals surface area contributed by atoms with Crippen LogP contribution >= 0.6 is 0 Å². The second-order valence-electron chi connectivity index (χ2n) is 17.8. The van der Waals surface area contributed by atoms with Crippen LogP contribution < -0.4 is 14.8 Å². The number of tetrazole rings is 1. The maximum absolute atomic E-state index is 14.9. The Hall–Kier alpha value is -5.49. The topological polar surface area (TPSA) is 156 Å². The first kappa shape index (κ1) is 46.5. The van der Waals surface area contributed by atoms with Crippen molar-refractivity contribution in [1.29, 1.82) is 0 Å². The van der Waals surface area contributed by atoms with Gasteiger partial charge in [-0.1, -0.05) is 38.1 Å². The number of carbonyl (C=O) groups excluding carboxylic acids is 1. The van der Waals surface area contributed by atoms with E-state index in [1.54, 1.807) is 30.3 Å². The quantitative estimate of drug-likeness (QED) is 0.0961. The predicted octanol–water partition coefficient (Wildman–Crippen LogP) is 8.15. The molecule has 2 aliphatic rings. The third-order valence-electron chi connectivity index (χ3n) is 11.5. The Kier molecular flexibility index (Phi) is 14.0. The van der Waals surface area contributed by atoms with Crippen LogP contribution in [-0.2, 0) is 42.8 Å². The van der Waals surface area contributed by atoms with Crippen molar-refractivity contribution in [2.75, 3.05) is 33.4 Å². The summed E-state index contributed by atoms with van der Waals surface area (Å²) in [6.45, 7) is 12.9. The van der Waals surface area contributed by atoms with Gasteiger partial charge >= 0.3 is 6.09 Å². The Balaban J connectivity index is 1.08. The Morgan fingerprint density at radius 1 is 0.984 bits per heavy atom. The summed E-state index contributed by atoms with van der Waals surface area (Å²) in [6.07, 6.45) is 0.246. The van der Waals surface area contributed by atoms with E-state index in [9.17, 15) is 22.0 Å². The van der Waals surface area contributed by atoms with Crippen molar-refractivity contribution in [2.24, 2.45) is 11.8 Å². The molecule has 0 saturated carbocycles. The summed E-state index contributed by atoms with van der Waals surface area (Å²) in [5, 5.41) is 16.2. The lowest BCUT2D eigenvalue weighted by molar-refractivity contribution is -0.181. The lowest BCUT2D eigenvalue weighted by Crippen LogP contribution is -2.43. The highest BCUT2D eigenvalue weighted by atomic mass is 32.2. The molecule has 2 fully saturated rings. The minimum absolute atomic E-state index is 0.0304. The molecule has 0 aliphatic carbocycles. The molecule has 0 bridgehead atoms.